The van der Waals surface area contributed by atoms with Gasteiger partial charge in [0, 0.05) is 5.56 Å². The van der Waals surface area contributed by atoms with Crippen molar-refractivity contribution < 1.29 is 14.6 Å². The molecule has 0 aliphatic carbocycles. The first-order valence-corrected chi connectivity index (χ1v) is 7.92. The number of carbonyl (C=O) groups is 2. The van der Waals surface area contributed by atoms with Crippen molar-refractivity contribution in [2.24, 2.45) is 5.92 Å². The Morgan fingerprint density at radius 3 is 2.33 bits per heavy atom. The van der Waals surface area contributed by atoms with Crippen LogP contribution in [0.25, 0.3) is 0 Å². The average molecular weight is 338 g/mol. The fraction of sp³-hybridized carbons (Fsp3) is 0.111. The number of benzene rings is 2. The van der Waals surface area contributed by atoms with Crippen molar-refractivity contribution in [2.75, 3.05) is 4.90 Å². The summed E-state index contributed by atoms with van der Waals surface area (Å²) in [7, 11) is 0. The number of amides is 2. The number of nitrogens with zero attached hydrogens (tertiary/aromatic N) is 1. The van der Waals surface area contributed by atoms with Crippen LogP contribution in [0.3, 0.4) is 0 Å². The van der Waals surface area contributed by atoms with E-state index in [-0.39, 0.29) is 11.0 Å². The molecule has 0 saturated carbocycles. The van der Waals surface area contributed by atoms with Gasteiger partial charge in [-0.3, -0.25) is 14.5 Å². The van der Waals surface area contributed by atoms with Crippen LogP contribution in [0, 0.1) is 5.92 Å². The second-order valence-corrected chi connectivity index (χ2v) is 5.70. The quantitative estimate of drug-likeness (QED) is 0.482. The minimum absolute atomic E-state index is 0.101. The molecule has 0 spiro atoms. The largest absolute Gasteiger partial charge is 0.301 e. The van der Waals surface area contributed by atoms with Gasteiger partial charge in [-0.05, 0) is 24.4 Å². The molecule has 1 atom stereocenters. The molecule has 0 aromatic heterocycles. The van der Waals surface area contributed by atoms with Crippen LogP contribution in [-0.2, 0) is 16.1 Å². The normalized spacial score (nSPS) is 18.1. The van der Waals surface area contributed by atoms with Crippen molar-refractivity contribution in [1.82, 2.24) is 5.32 Å². The lowest BCUT2D eigenvalue weighted by atomic mass is 10.1. The molecule has 0 unspecified atom stereocenters. The first kappa shape index (κ1) is 16.0. The summed E-state index contributed by atoms with van der Waals surface area (Å²) in [5, 5.41) is 2.68. The van der Waals surface area contributed by atoms with E-state index in [0.717, 1.165) is 5.56 Å². The number of hydrogen-bond acceptors (Lipinski definition) is 3. The highest BCUT2D eigenvalue weighted by molar-refractivity contribution is 7.80. The summed E-state index contributed by atoms with van der Waals surface area (Å²) in [6.45, 7) is 0.535. The predicted molar refractivity (Wildman–Crippen MR) is 95.3 cm³/mol. The van der Waals surface area contributed by atoms with Crippen molar-refractivity contribution in [3.05, 3.63) is 66.2 Å². The second-order valence-electron chi connectivity index (χ2n) is 5.31. The van der Waals surface area contributed by atoms with Crippen LogP contribution in [0.4, 0.5) is 5.69 Å². The van der Waals surface area contributed by atoms with Crippen LogP contribution in [0.15, 0.2) is 60.7 Å². The fourth-order valence-corrected chi connectivity index (χ4v) is 2.75. The van der Waals surface area contributed by atoms with Gasteiger partial charge in [-0.25, -0.2) is 4.99 Å². The van der Waals surface area contributed by atoms with Crippen molar-refractivity contribution in [3.8, 4) is 0 Å². The van der Waals surface area contributed by atoms with Crippen LogP contribution in [0.5, 0.6) is 0 Å². The van der Waals surface area contributed by atoms with E-state index >= 15 is 0 Å². The Kier molecular flexibility index (Phi) is 4.77. The molecule has 0 radical (unpaired) electrons. The summed E-state index contributed by atoms with van der Waals surface area (Å²) in [5.74, 6) is -1.71. The molecule has 1 fully saturated rings. The number of nitrogens with one attached hydrogen (secondary N) is 2. The van der Waals surface area contributed by atoms with Gasteiger partial charge < -0.3 is 5.32 Å². The predicted octanol–water partition coefficient (Wildman–Crippen LogP) is 0.402. The summed E-state index contributed by atoms with van der Waals surface area (Å²) in [4.78, 5) is 29.2. The molecular weight excluding hydrogens is 322 g/mol. The Hall–Kier alpha value is -2.86. The van der Waals surface area contributed by atoms with Crippen LogP contribution in [0.2, 0.25) is 0 Å². The average Bonchev–Trinajstić information content (AvgIpc) is 2.59. The first-order valence-electron chi connectivity index (χ1n) is 7.51. The highest BCUT2D eigenvalue weighted by Gasteiger charge is 2.40. The molecule has 0 bridgehead atoms. The van der Waals surface area contributed by atoms with Gasteiger partial charge in [0.1, 0.15) is 0 Å². The summed E-state index contributed by atoms with van der Waals surface area (Å²) < 4.78 is 0. The minimum atomic E-state index is -0.930. The Bertz CT molecular complexity index is 790. The number of hydrogen-bond donors (Lipinski definition) is 2. The van der Waals surface area contributed by atoms with Crippen molar-refractivity contribution in [1.29, 1.82) is 0 Å². The zero-order chi connectivity index (χ0) is 16.9. The molecule has 2 aromatic rings. The van der Waals surface area contributed by atoms with Crippen LogP contribution in [-0.4, -0.2) is 23.1 Å². The molecule has 2 amide bonds. The second kappa shape index (κ2) is 7.14. The molecule has 6 heteroatoms. The van der Waals surface area contributed by atoms with Crippen LogP contribution in [0.1, 0.15) is 5.56 Å². The van der Waals surface area contributed by atoms with E-state index < -0.39 is 11.8 Å². The minimum Gasteiger partial charge on any atom is -0.301 e. The summed E-state index contributed by atoms with van der Waals surface area (Å²) >= 11 is 5.14. The monoisotopic (exact) mass is 338 g/mol. The highest BCUT2D eigenvalue weighted by Crippen LogP contribution is 2.19. The van der Waals surface area contributed by atoms with E-state index in [1.54, 1.807) is 12.1 Å². The molecule has 1 aliphatic rings. The lowest BCUT2D eigenvalue weighted by molar-refractivity contribution is -0.471. The van der Waals surface area contributed by atoms with Gasteiger partial charge in [0.05, 0.1) is 5.69 Å². The maximum absolute atomic E-state index is 12.7. The van der Waals surface area contributed by atoms with Crippen LogP contribution < -0.4 is 15.2 Å². The number of anilines is 1. The Morgan fingerprint density at radius 2 is 1.67 bits per heavy atom. The molecule has 3 rings (SSSR count). The van der Waals surface area contributed by atoms with E-state index in [0.29, 0.717) is 12.2 Å². The summed E-state index contributed by atoms with van der Waals surface area (Å²) in [6, 6.07) is 18.8. The molecule has 1 aliphatic heterocycles. The van der Waals surface area contributed by atoms with Gasteiger partial charge in [0.2, 0.25) is 5.91 Å². The Balaban J connectivity index is 1.78. The van der Waals surface area contributed by atoms with E-state index in [1.165, 1.54) is 11.1 Å². The van der Waals surface area contributed by atoms with Crippen molar-refractivity contribution in [3.63, 3.8) is 0 Å². The molecule has 1 heterocycles. The lowest BCUT2D eigenvalue weighted by Crippen LogP contribution is -2.71. The molecule has 2 N–H and O–H groups in total. The Labute approximate surface area is 145 Å². The van der Waals surface area contributed by atoms with Gasteiger partial charge in [-0.15, -0.1) is 0 Å². The van der Waals surface area contributed by atoms with Gasteiger partial charge >= 0.3 is 0 Å². The van der Waals surface area contributed by atoms with Gasteiger partial charge in [0.25, 0.3) is 5.91 Å². The number of rotatable bonds is 4. The van der Waals surface area contributed by atoms with Crippen molar-refractivity contribution in [2.45, 2.75) is 6.54 Å². The summed E-state index contributed by atoms with van der Waals surface area (Å²) in [5.41, 5.74) is 1.70. The third-order valence-corrected chi connectivity index (χ3v) is 3.93. The fourth-order valence-electron chi connectivity index (χ4n) is 2.45. The van der Waals surface area contributed by atoms with Gasteiger partial charge in [-0.2, -0.15) is 0 Å². The third-order valence-electron chi connectivity index (χ3n) is 3.65. The molecule has 5 nitrogen and oxygen atoms in total. The van der Waals surface area contributed by atoms with E-state index in [4.69, 9.17) is 12.2 Å². The van der Waals surface area contributed by atoms with Crippen molar-refractivity contribution >= 4 is 41.0 Å². The van der Waals surface area contributed by atoms with E-state index in [2.05, 4.69) is 10.3 Å². The van der Waals surface area contributed by atoms with E-state index in [1.807, 2.05) is 48.5 Å². The SMILES string of the molecule is O=C1NC(=S)N(c2ccccc2)C(=O)[C@H]1C=[NH+]Cc1ccccc1. The van der Waals surface area contributed by atoms with Gasteiger partial charge in [-0.1, -0.05) is 48.5 Å². The first-order chi connectivity index (χ1) is 11.7. The van der Waals surface area contributed by atoms with E-state index in [9.17, 15) is 9.59 Å². The smallest absolute Gasteiger partial charge is 0.256 e. The number of thiocarbonyl (C=S) groups is 1. The Morgan fingerprint density at radius 1 is 1.04 bits per heavy atom. The molecule has 2 aromatic carbocycles. The molecule has 24 heavy (non-hydrogen) atoms. The standard InChI is InChI=1S/C18H15N3O2S/c22-16-15(12-19-11-13-7-3-1-4-8-13)17(23)21(18(24)20-16)14-9-5-2-6-10-14/h1-10,12,15H,11H2,(H,20,22,24)/p+1/t15-/m0/s1. The zero-order valence-electron chi connectivity index (χ0n) is 12.8. The molecule has 120 valence electrons. The maximum atomic E-state index is 12.7. The summed E-state index contributed by atoms with van der Waals surface area (Å²) in [6.07, 6.45) is 1.52. The third kappa shape index (κ3) is 3.38. The van der Waals surface area contributed by atoms with Gasteiger partial charge in [0.15, 0.2) is 23.8 Å². The number of para-hydroxylation sites is 1. The lowest BCUT2D eigenvalue weighted by Gasteiger charge is -2.29. The topological polar surface area (TPSA) is 63.4 Å². The molecular formula is C18H16N3O2S+. The number of carbonyl (C=O) groups excluding carboxylic acids is 2. The molecule has 1 saturated heterocycles. The van der Waals surface area contributed by atoms with Crippen LogP contribution >= 0.6 is 12.2 Å². The highest BCUT2D eigenvalue weighted by atomic mass is 32.1. The zero-order valence-corrected chi connectivity index (χ0v) is 13.6. The maximum Gasteiger partial charge on any atom is 0.256 e.